The number of hydrogen-bond acceptors (Lipinski definition) is 2. The van der Waals surface area contributed by atoms with E-state index < -0.39 is 0 Å². The van der Waals surface area contributed by atoms with Crippen LogP contribution in [0.3, 0.4) is 0 Å². The van der Waals surface area contributed by atoms with E-state index in [0.29, 0.717) is 17.7 Å². The molecular formula is C17H31N3. The molecule has 0 aliphatic rings. The van der Waals surface area contributed by atoms with Crippen LogP contribution in [0.5, 0.6) is 0 Å². The highest BCUT2D eigenvalue weighted by atomic mass is 15.4. The fraction of sp³-hybridized carbons (Fsp3) is 0.588. The van der Waals surface area contributed by atoms with Gasteiger partial charge in [-0.3, -0.25) is 10.0 Å². The SMILES string of the molecule is C=CC(=NC)N(N)C(=C)C(CCC)CC(CC)C(=C)C. The van der Waals surface area contributed by atoms with Crippen molar-refractivity contribution in [2.45, 2.75) is 46.5 Å². The van der Waals surface area contributed by atoms with Crippen LogP contribution in [-0.2, 0) is 0 Å². The van der Waals surface area contributed by atoms with E-state index in [9.17, 15) is 0 Å². The average Bonchev–Trinajstić information content (AvgIpc) is 2.43. The minimum absolute atomic E-state index is 0.350. The lowest BCUT2D eigenvalue weighted by molar-refractivity contribution is 0.355. The Morgan fingerprint density at radius 2 is 1.90 bits per heavy atom. The third-order valence-electron chi connectivity index (χ3n) is 3.84. The van der Waals surface area contributed by atoms with Gasteiger partial charge in [-0.1, -0.05) is 45.6 Å². The van der Waals surface area contributed by atoms with Gasteiger partial charge in [-0.15, -0.1) is 0 Å². The van der Waals surface area contributed by atoms with Crippen LogP contribution >= 0.6 is 0 Å². The van der Waals surface area contributed by atoms with E-state index in [4.69, 9.17) is 5.84 Å². The molecule has 0 aliphatic heterocycles. The van der Waals surface area contributed by atoms with Crippen molar-refractivity contribution in [3.05, 3.63) is 37.1 Å². The molecule has 0 saturated heterocycles. The molecule has 114 valence electrons. The van der Waals surface area contributed by atoms with Gasteiger partial charge < -0.3 is 0 Å². The first-order valence-electron chi connectivity index (χ1n) is 7.40. The third-order valence-corrected chi connectivity index (χ3v) is 3.84. The van der Waals surface area contributed by atoms with Crippen LogP contribution in [0, 0.1) is 11.8 Å². The van der Waals surface area contributed by atoms with Crippen LogP contribution in [0.15, 0.2) is 42.1 Å². The number of nitrogens with two attached hydrogens (primary N) is 1. The van der Waals surface area contributed by atoms with Gasteiger partial charge in [0.2, 0.25) is 0 Å². The monoisotopic (exact) mass is 277 g/mol. The molecule has 0 bridgehead atoms. The van der Waals surface area contributed by atoms with Crippen molar-refractivity contribution in [2.24, 2.45) is 22.7 Å². The van der Waals surface area contributed by atoms with Crippen molar-refractivity contribution in [2.75, 3.05) is 7.05 Å². The van der Waals surface area contributed by atoms with Gasteiger partial charge in [0, 0.05) is 18.7 Å². The fourth-order valence-electron chi connectivity index (χ4n) is 2.47. The lowest BCUT2D eigenvalue weighted by atomic mass is 9.84. The van der Waals surface area contributed by atoms with E-state index in [1.807, 2.05) is 0 Å². The number of nitrogens with zero attached hydrogens (tertiary/aromatic N) is 2. The third kappa shape index (κ3) is 5.33. The van der Waals surface area contributed by atoms with E-state index in [-0.39, 0.29) is 0 Å². The van der Waals surface area contributed by atoms with Crippen LogP contribution in [-0.4, -0.2) is 17.9 Å². The summed E-state index contributed by atoms with van der Waals surface area (Å²) in [7, 11) is 1.71. The van der Waals surface area contributed by atoms with Crippen molar-refractivity contribution >= 4 is 5.84 Å². The minimum atomic E-state index is 0.350. The Bertz CT molecular complexity index is 368. The first kappa shape index (κ1) is 18.7. The van der Waals surface area contributed by atoms with Crippen molar-refractivity contribution in [1.82, 2.24) is 5.01 Å². The molecule has 20 heavy (non-hydrogen) atoms. The van der Waals surface area contributed by atoms with Crippen LogP contribution in [0.4, 0.5) is 0 Å². The molecule has 0 fully saturated rings. The molecule has 0 saturated carbocycles. The second kappa shape index (κ2) is 9.54. The molecule has 0 rings (SSSR count). The van der Waals surface area contributed by atoms with Crippen LogP contribution in [0.2, 0.25) is 0 Å². The maximum absolute atomic E-state index is 6.12. The Morgan fingerprint density at radius 3 is 2.25 bits per heavy atom. The molecule has 0 heterocycles. The number of allylic oxidation sites excluding steroid dienone is 2. The van der Waals surface area contributed by atoms with E-state index >= 15 is 0 Å². The summed E-state index contributed by atoms with van der Waals surface area (Å²) in [4.78, 5) is 4.13. The van der Waals surface area contributed by atoms with Gasteiger partial charge in [0.05, 0.1) is 0 Å². The largest absolute Gasteiger partial charge is 0.271 e. The van der Waals surface area contributed by atoms with Crippen molar-refractivity contribution < 1.29 is 0 Å². The van der Waals surface area contributed by atoms with Gasteiger partial charge >= 0.3 is 0 Å². The van der Waals surface area contributed by atoms with Gasteiger partial charge in [-0.05, 0) is 38.2 Å². The fourth-order valence-corrected chi connectivity index (χ4v) is 2.47. The maximum Gasteiger partial charge on any atom is 0.141 e. The minimum Gasteiger partial charge on any atom is -0.271 e. The lowest BCUT2D eigenvalue weighted by Crippen LogP contribution is -2.38. The van der Waals surface area contributed by atoms with Crippen LogP contribution in [0.1, 0.15) is 46.5 Å². The Balaban J connectivity index is 5.02. The topological polar surface area (TPSA) is 41.6 Å². The zero-order valence-electron chi connectivity index (χ0n) is 13.7. The predicted octanol–water partition coefficient (Wildman–Crippen LogP) is 4.30. The van der Waals surface area contributed by atoms with E-state index in [2.05, 4.69) is 45.5 Å². The highest BCUT2D eigenvalue weighted by Gasteiger charge is 2.21. The van der Waals surface area contributed by atoms with E-state index in [1.165, 1.54) is 5.57 Å². The zero-order valence-corrected chi connectivity index (χ0v) is 13.7. The first-order valence-corrected chi connectivity index (χ1v) is 7.40. The number of hydrazine groups is 1. The zero-order chi connectivity index (χ0) is 15.7. The van der Waals surface area contributed by atoms with E-state index in [1.54, 1.807) is 18.1 Å². The summed E-state index contributed by atoms with van der Waals surface area (Å²) >= 11 is 0. The van der Waals surface area contributed by atoms with Crippen molar-refractivity contribution in [1.29, 1.82) is 0 Å². The Morgan fingerprint density at radius 1 is 1.30 bits per heavy atom. The quantitative estimate of drug-likeness (QED) is 0.224. The summed E-state index contributed by atoms with van der Waals surface area (Å²) in [6.45, 7) is 18.5. The standard InChI is InChI=1S/C17H31N3/c1-8-11-16(12-15(9-2)13(4)5)14(6)20(18)17(10-3)19-7/h10,15-16H,3-4,6,8-9,11-12,18H2,1-2,5,7H3. The second-order valence-corrected chi connectivity index (χ2v) is 5.32. The normalized spacial score (nSPS) is 14.6. The van der Waals surface area contributed by atoms with Crippen LogP contribution in [0.25, 0.3) is 0 Å². The van der Waals surface area contributed by atoms with Gasteiger partial charge in [0.25, 0.3) is 0 Å². The number of aliphatic imine (C=N–C) groups is 1. The number of hydrogen-bond donors (Lipinski definition) is 1. The molecule has 0 amide bonds. The first-order chi connectivity index (χ1) is 9.42. The summed E-state index contributed by atoms with van der Waals surface area (Å²) < 4.78 is 0. The average molecular weight is 277 g/mol. The highest BCUT2D eigenvalue weighted by molar-refractivity contribution is 5.93. The van der Waals surface area contributed by atoms with Crippen molar-refractivity contribution in [3.63, 3.8) is 0 Å². The Hall–Kier alpha value is -1.35. The summed E-state index contributed by atoms with van der Waals surface area (Å²) in [6, 6.07) is 0. The molecule has 2 unspecified atom stereocenters. The molecule has 3 heteroatoms. The van der Waals surface area contributed by atoms with E-state index in [0.717, 1.165) is 31.4 Å². The second-order valence-electron chi connectivity index (χ2n) is 5.32. The maximum atomic E-state index is 6.12. The number of amidine groups is 1. The lowest BCUT2D eigenvalue weighted by Gasteiger charge is -2.30. The molecule has 0 spiro atoms. The Kier molecular flexibility index (Phi) is 8.89. The summed E-state index contributed by atoms with van der Waals surface area (Å²) in [5.74, 6) is 7.64. The molecule has 3 nitrogen and oxygen atoms in total. The smallest absolute Gasteiger partial charge is 0.141 e. The summed E-state index contributed by atoms with van der Waals surface area (Å²) in [5.41, 5.74) is 2.14. The van der Waals surface area contributed by atoms with Gasteiger partial charge in [0.15, 0.2) is 0 Å². The van der Waals surface area contributed by atoms with Crippen LogP contribution < -0.4 is 5.84 Å². The number of rotatable bonds is 9. The molecule has 0 aromatic heterocycles. The highest BCUT2D eigenvalue weighted by Crippen LogP contribution is 2.30. The molecular weight excluding hydrogens is 246 g/mol. The molecule has 2 atom stereocenters. The van der Waals surface area contributed by atoms with Gasteiger partial charge in [-0.2, -0.15) is 0 Å². The molecule has 0 aromatic rings. The summed E-state index contributed by atoms with van der Waals surface area (Å²) in [5, 5.41) is 1.57. The molecule has 0 radical (unpaired) electrons. The van der Waals surface area contributed by atoms with Gasteiger partial charge in [-0.25, -0.2) is 5.84 Å². The van der Waals surface area contributed by atoms with Gasteiger partial charge in [0.1, 0.15) is 5.84 Å². The summed E-state index contributed by atoms with van der Waals surface area (Å²) in [6.07, 6.45) is 5.98. The Labute approximate surface area is 124 Å². The predicted molar refractivity (Wildman–Crippen MR) is 90.3 cm³/mol. The molecule has 0 aromatic carbocycles. The van der Waals surface area contributed by atoms with Crippen molar-refractivity contribution in [3.8, 4) is 0 Å². The molecule has 2 N–H and O–H groups in total. The molecule has 0 aliphatic carbocycles.